The summed E-state index contributed by atoms with van der Waals surface area (Å²) in [5.74, 6) is 0.528. The van der Waals surface area contributed by atoms with Crippen LogP contribution in [0.4, 0.5) is 0 Å². The van der Waals surface area contributed by atoms with Gasteiger partial charge in [-0.05, 0) is 49.1 Å². The fourth-order valence-corrected chi connectivity index (χ4v) is 3.94. The van der Waals surface area contributed by atoms with Crippen LogP contribution in [-0.4, -0.2) is 40.8 Å². The van der Waals surface area contributed by atoms with E-state index in [0.29, 0.717) is 29.6 Å². The Hall–Kier alpha value is -2.80. The van der Waals surface area contributed by atoms with E-state index < -0.39 is 6.04 Å². The normalized spacial score (nSPS) is 16.2. The van der Waals surface area contributed by atoms with Crippen molar-refractivity contribution in [1.29, 1.82) is 0 Å². The minimum Gasteiger partial charge on any atom is -0.459 e. The highest BCUT2D eigenvalue weighted by Crippen LogP contribution is 2.31. The van der Waals surface area contributed by atoms with Crippen molar-refractivity contribution in [2.75, 3.05) is 13.1 Å². The Morgan fingerprint density at radius 3 is 2.67 bits per heavy atom. The van der Waals surface area contributed by atoms with Gasteiger partial charge in [-0.1, -0.05) is 25.4 Å². The van der Waals surface area contributed by atoms with Crippen LogP contribution in [-0.2, 0) is 4.79 Å². The van der Waals surface area contributed by atoms with E-state index in [1.165, 1.54) is 6.26 Å². The molecular weight excluding hydrogens is 406 g/mol. The monoisotopic (exact) mass is 429 g/mol. The number of amides is 2. The smallest absolute Gasteiger partial charge is 0.287 e. The molecule has 8 heteroatoms. The van der Waals surface area contributed by atoms with Crippen LogP contribution in [0.25, 0.3) is 11.1 Å². The lowest BCUT2D eigenvalue weighted by molar-refractivity contribution is -0.135. The van der Waals surface area contributed by atoms with E-state index in [0.717, 1.165) is 18.4 Å². The first-order valence-corrected chi connectivity index (χ1v) is 10.5. The Morgan fingerprint density at radius 2 is 2.00 bits per heavy atom. The summed E-state index contributed by atoms with van der Waals surface area (Å²) < 4.78 is 11.0. The summed E-state index contributed by atoms with van der Waals surface area (Å²) in [7, 11) is 0. The topological polar surface area (TPSA) is 88.6 Å². The summed E-state index contributed by atoms with van der Waals surface area (Å²) in [5.41, 5.74) is 1.46. The third-order valence-electron chi connectivity index (χ3n) is 5.49. The van der Waals surface area contributed by atoms with E-state index in [1.54, 1.807) is 24.3 Å². The van der Waals surface area contributed by atoms with Gasteiger partial charge in [-0.3, -0.25) is 9.59 Å². The number of nitrogens with zero attached hydrogens (tertiary/aromatic N) is 2. The Balaban J connectivity index is 1.40. The van der Waals surface area contributed by atoms with Crippen molar-refractivity contribution in [3.05, 3.63) is 53.3 Å². The minimum atomic E-state index is -0.606. The Labute approximate surface area is 179 Å². The lowest BCUT2D eigenvalue weighted by Crippen LogP contribution is -2.52. The summed E-state index contributed by atoms with van der Waals surface area (Å²) in [6, 6.07) is 8.01. The first kappa shape index (κ1) is 20.5. The lowest BCUT2D eigenvalue weighted by atomic mass is 9.95. The van der Waals surface area contributed by atoms with Gasteiger partial charge in [0.15, 0.2) is 17.2 Å². The zero-order valence-corrected chi connectivity index (χ0v) is 17.7. The molecule has 3 aromatic rings. The molecule has 158 valence electrons. The largest absolute Gasteiger partial charge is 0.459 e. The highest BCUT2D eigenvalue weighted by atomic mass is 35.5. The summed E-state index contributed by atoms with van der Waals surface area (Å²) in [5, 5.41) is 3.44. The van der Waals surface area contributed by atoms with Gasteiger partial charge >= 0.3 is 0 Å². The molecule has 1 aliphatic heterocycles. The second-order valence-electron chi connectivity index (χ2n) is 7.94. The number of hydrogen-bond acceptors (Lipinski definition) is 5. The number of carbonyl (C=O) groups excluding carboxylic acids is 2. The fraction of sp³-hybridized carbons (Fsp3) is 0.409. The molecule has 1 unspecified atom stereocenters. The molecule has 0 spiro atoms. The van der Waals surface area contributed by atoms with E-state index >= 15 is 0 Å². The Kier molecular flexibility index (Phi) is 5.81. The van der Waals surface area contributed by atoms with Crippen LogP contribution < -0.4 is 5.32 Å². The average molecular weight is 430 g/mol. The van der Waals surface area contributed by atoms with Gasteiger partial charge in [0.2, 0.25) is 5.91 Å². The highest BCUT2D eigenvalue weighted by Gasteiger charge is 2.33. The van der Waals surface area contributed by atoms with E-state index in [4.69, 9.17) is 20.4 Å². The molecule has 0 saturated carbocycles. The van der Waals surface area contributed by atoms with Crippen molar-refractivity contribution in [2.45, 2.75) is 38.6 Å². The van der Waals surface area contributed by atoms with E-state index in [9.17, 15) is 9.59 Å². The number of benzene rings is 1. The fourth-order valence-electron chi connectivity index (χ4n) is 3.77. The molecule has 0 bridgehead atoms. The van der Waals surface area contributed by atoms with Crippen LogP contribution in [0, 0.1) is 5.92 Å². The number of furan rings is 1. The SMILES string of the molecule is CC(C)C(NC(=O)c1ccco1)C(=O)N1CCC(c2nc3cc(Cl)ccc3o2)CC1. The predicted octanol–water partition coefficient (Wildman–Crippen LogP) is 4.23. The first-order chi connectivity index (χ1) is 14.4. The van der Waals surface area contributed by atoms with Gasteiger partial charge in [-0.15, -0.1) is 0 Å². The van der Waals surface area contributed by atoms with Crippen molar-refractivity contribution < 1.29 is 18.4 Å². The van der Waals surface area contributed by atoms with Crippen molar-refractivity contribution in [2.24, 2.45) is 5.92 Å². The number of carbonyl (C=O) groups is 2. The molecular formula is C22H24ClN3O4. The molecule has 4 rings (SSSR count). The van der Waals surface area contributed by atoms with E-state index in [-0.39, 0.29) is 29.4 Å². The molecule has 0 radical (unpaired) electrons. The van der Waals surface area contributed by atoms with Crippen LogP contribution in [0.15, 0.2) is 45.4 Å². The Morgan fingerprint density at radius 1 is 1.23 bits per heavy atom. The van der Waals surface area contributed by atoms with Crippen LogP contribution in [0.1, 0.15) is 49.1 Å². The number of piperidine rings is 1. The third-order valence-corrected chi connectivity index (χ3v) is 5.72. The van der Waals surface area contributed by atoms with Gasteiger partial charge in [-0.2, -0.15) is 0 Å². The Bertz CT molecular complexity index is 1040. The molecule has 2 aromatic heterocycles. The molecule has 0 aliphatic carbocycles. The highest BCUT2D eigenvalue weighted by molar-refractivity contribution is 6.31. The standard InChI is InChI=1S/C22H24ClN3O4/c1-13(2)19(25-20(27)18-4-3-11-29-18)22(28)26-9-7-14(8-10-26)21-24-16-12-15(23)5-6-17(16)30-21/h3-6,11-14,19H,7-10H2,1-2H3,(H,25,27). The molecule has 1 aliphatic rings. The van der Waals surface area contributed by atoms with Crippen molar-refractivity contribution in [3.8, 4) is 0 Å². The summed E-state index contributed by atoms with van der Waals surface area (Å²) in [4.78, 5) is 31.8. The van der Waals surface area contributed by atoms with Gasteiger partial charge in [0.25, 0.3) is 5.91 Å². The number of rotatable bonds is 5. The van der Waals surface area contributed by atoms with E-state index in [1.807, 2.05) is 24.8 Å². The maximum Gasteiger partial charge on any atom is 0.287 e. The van der Waals surface area contributed by atoms with Gasteiger partial charge in [-0.25, -0.2) is 4.98 Å². The zero-order chi connectivity index (χ0) is 21.3. The maximum atomic E-state index is 13.1. The molecule has 7 nitrogen and oxygen atoms in total. The molecule has 2 amide bonds. The quantitative estimate of drug-likeness (QED) is 0.655. The van der Waals surface area contributed by atoms with Crippen LogP contribution in [0.2, 0.25) is 5.02 Å². The molecule has 1 atom stereocenters. The van der Waals surface area contributed by atoms with E-state index in [2.05, 4.69) is 10.3 Å². The molecule has 1 fully saturated rings. The first-order valence-electron chi connectivity index (χ1n) is 10.1. The molecule has 1 saturated heterocycles. The number of halogens is 1. The van der Waals surface area contributed by atoms with Gasteiger partial charge < -0.3 is 19.1 Å². The maximum absolute atomic E-state index is 13.1. The molecule has 3 heterocycles. The van der Waals surface area contributed by atoms with Crippen LogP contribution in [0.5, 0.6) is 0 Å². The summed E-state index contributed by atoms with van der Waals surface area (Å²) >= 11 is 6.03. The third kappa shape index (κ3) is 4.21. The molecule has 30 heavy (non-hydrogen) atoms. The van der Waals surface area contributed by atoms with Crippen LogP contribution >= 0.6 is 11.6 Å². The molecule has 1 N–H and O–H groups in total. The number of hydrogen-bond donors (Lipinski definition) is 1. The number of fused-ring (bicyclic) bond motifs is 1. The zero-order valence-electron chi connectivity index (χ0n) is 16.9. The van der Waals surface area contributed by atoms with Crippen molar-refractivity contribution >= 4 is 34.5 Å². The minimum absolute atomic E-state index is 0.0454. The van der Waals surface area contributed by atoms with Gasteiger partial charge in [0.1, 0.15) is 11.6 Å². The second kappa shape index (κ2) is 8.52. The van der Waals surface area contributed by atoms with Crippen molar-refractivity contribution in [1.82, 2.24) is 15.2 Å². The summed E-state index contributed by atoms with van der Waals surface area (Å²) in [6.45, 7) is 5.01. The number of aromatic nitrogens is 1. The summed E-state index contributed by atoms with van der Waals surface area (Å²) in [6.07, 6.45) is 2.94. The van der Waals surface area contributed by atoms with Crippen molar-refractivity contribution in [3.63, 3.8) is 0 Å². The predicted molar refractivity (Wildman–Crippen MR) is 112 cm³/mol. The number of likely N-dealkylation sites (tertiary alicyclic amines) is 1. The molecule has 1 aromatic carbocycles. The number of oxazole rings is 1. The van der Waals surface area contributed by atoms with Crippen LogP contribution in [0.3, 0.4) is 0 Å². The second-order valence-corrected chi connectivity index (χ2v) is 8.37. The van der Waals surface area contributed by atoms with Gasteiger partial charge in [0.05, 0.1) is 6.26 Å². The van der Waals surface area contributed by atoms with Gasteiger partial charge in [0, 0.05) is 24.0 Å². The average Bonchev–Trinajstić information content (AvgIpc) is 3.41. The number of nitrogens with one attached hydrogen (secondary N) is 1. The lowest BCUT2D eigenvalue weighted by Gasteiger charge is -2.34.